The maximum absolute atomic E-state index is 13.1. The first kappa shape index (κ1) is 18.7. The van der Waals surface area contributed by atoms with Crippen molar-refractivity contribution in [3.05, 3.63) is 47.6 Å². The molecule has 1 aliphatic carbocycles. The summed E-state index contributed by atoms with van der Waals surface area (Å²) in [5.74, 6) is 1.19. The van der Waals surface area contributed by atoms with E-state index in [9.17, 15) is 13.2 Å². The van der Waals surface area contributed by atoms with E-state index in [1.807, 2.05) is 35.2 Å². The van der Waals surface area contributed by atoms with Crippen LogP contribution in [0.25, 0.3) is 0 Å². The molecule has 0 N–H and O–H groups in total. The van der Waals surface area contributed by atoms with Gasteiger partial charge in [0.05, 0.1) is 11.2 Å². The fraction of sp³-hybridized carbons (Fsp3) is 0.550. The van der Waals surface area contributed by atoms with Crippen LogP contribution >= 0.6 is 0 Å². The van der Waals surface area contributed by atoms with Crippen molar-refractivity contribution < 1.29 is 17.7 Å². The van der Waals surface area contributed by atoms with Crippen molar-refractivity contribution in [1.29, 1.82) is 0 Å². The molecule has 1 aromatic heterocycles. The Kier molecular flexibility index (Phi) is 4.29. The van der Waals surface area contributed by atoms with Crippen molar-refractivity contribution >= 4 is 15.9 Å². The number of benzene rings is 1. The number of nitrogens with zero attached hydrogens (tertiary/aromatic N) is 4. The van der Waals surface area contributed by atoms with Crippen molar-refractivity contribution in [2.24, 2.45) is 11.8 Å². The SMILES string of the molecule is Cc1noc([C@@]23CN(C(=O)C4CC4)C[C@@H]2CN(S(=O)(=O)Cc2ccccc2)C3)n1. The Balaban J connectivity index is 1.43. The Bertz CT molecular complexity index is 1030. The molecule has 3 heterocycles. The summed E-state index contributed by atoms with van der Waals surface area (Å²) in [5, 5.41) is 3.93. The standard InChI is InChI=1S/C20H24N4O4S/c1-14-21-19(28-22-14)20-12-23(18(25)16-7-8-16)9-17(20)10-24(13-20)29(26,27)11-15-5-3-2-4-6-15/h2-6,16-17H,7-13H2,1H3/t17-,20-/m1/s1. The van der Waals surface area contributed by atoms with Gasteiger partial charge in [-0.1, -0.05) is 35.5 Å². The summed E-state index contributed by atoms with van der Waals surface area (Å²) < 4.78 is 33.3. The number of aryl methyl sites for hydroxylation is 1. The lowest BCUT2D eigenvalue weighted by Gasteiger charge is -2.26. The molecule has 2 aliphatic heterocycles. The van der Waals surface area contributed by atoms with E-state index in [0.29, 0.717) is 31.3 Å². The number of hydrogen-bond acceptors (Lipinski definition) is 6. The van der Waals surface area contributed by atoms with E-state index in [1.54, 1.807) is 11.2 Å². The third kappa shape index (κ3) is 3.26. The first-order valence-corrected chi connectivity index (χ1v) is 11.6. The zero-order valence-electron chi connectivity index (χ0n) is 16.3. The Morgan fingerprint density at radius 1 is 1.21 bits per heavy atom. The van der Waals surface area contributed by atoms with E-state index >= 15 is 0 Å². The molecule has 9 heteroatoms. The molecule has 154 valence electrons. The third-order valence-electron chi connectivity index (χ3n) is 6.35. The summed E-state index contributed by atoms with van der Waals surface area (Å²) in [6, 6.07) is 9.19. The normalized spacial score (nSPS) is 27.3. The minimum Gasteiger partial charge on any atom is -0.341 e. The van der Waals surface area contributed by atoms with Crippen LogP contribution < -0.4 is 0 Å². The number of fused-ring (bicyclic) bond motifs is 1. The number of aromatic nitrogens is 2. The van der Waals surface area contributed by atoms with Gasteiger partial charge < -0.3 is 9.42 Å². The Morgan fingerprint density at radius 2 is 1.97 bits per heavy atom. The highest BCUT2D eigenvalue weighted by Gasteiger charge is 2.60. The predicted molar refractivity (Wildman–Crippen MR) is 104 cm³/mol. The molecule has 8 nitrogen and oxygen atoms in total. The van der Waals surface area contributed by atoms with Crippen LogP contribution in [0.5, 0.6) is 0 Å². The quantitative estimate of drug-likeness (QED) is 0.730. The highest BCUT2D eigenvalue weighted by molar-refractivity contribution is 7.88. The van der Waals surface area contributed by atoms with Gasteiger partial charge in [-0.25, -0.2) is 12.7 Å². The molecule has 0 unspecified atom stereocenters. The van der Waals surface area contributed by atoms with Crippen LogP contribution in [0.2, 0.25) is 0 Å². The second-order valence-corrected chi connectivity index (χ2v) is 10.5. The largest absolute Gasteiger partial charge is 0.341 e. The highest BCUT2D eigenvalue weighted by Crippen LogP contribution is 2.46. The molecule has 1 aromatic carbocycles. The first-order chi connectivity index (χ1) is 13.9. The van der Waals surface area contributed by atoms with Crippen LogP contribution in [0.4, 0.5) is 0 Å². The van der Waals surface area contributed by atoms with E-state index in [-0.39, 0.29) is 30.0 Å². The molecule has 2 atom stereocenters. The van der Waals surface area contributed by atoms with E-state index in [2.05, 4.69) is 10.1 Å². The molecular weight excluding hydrogens is 392 g/mol. The monoisotopic (exact) mass is 416 g/mol. The first-order valence-electron chi connectivity index (χ1n) is 9.99. The van der Waals surface area contributed by atoms with Gasteiger partial charge in [-0.05, 0) is 25.3 Å². The van der Waals surface area contributed by atoms with Gasteiger partial charge in [0, 0.05) is 38.0 Å². The number of likely N-dealkylation sites (tertiary alicyclic amines) is 1. The highest BCUT2D eigenvalue weighted by atomic mass is 32.2. The average Bonchev–Trinajstić information content (AvgIpc) is 3.17. The zero-order valence-corrected chi connectivity index (χ0v) is 17.1. The fourth-order valence-corrected chi connectivity index (χ4v) is 6.30. The average molecular weight is 417 g/mol. The smallest absolute Gasteiger partial charge is 0.236 e. The van der Waals surface area contributed by atoms with Crippen LogP contribution in [0.1, 0.15) is 30.1 Å². The number of sulfonamides is 1. The molecule has 0 radical (unpaired) electrons. The summed E-state index contributed by atoms with van der Waals surface area (Å²) in [5.41, 5.74) is 0.132. The van der Waals surface area contributed by atoms with Crippen molar-refractivity contribution in [1.82, 2.24) is 19.3 Å². The lowest BCUT2D eigenvalue weighted by atomic mass is 9.81. The third-order valence-corrected chi connectivity index (χ3v) is 8.12. The molecule has 29 heavy (non-hydrogen) atoms. The summed E-state index contributed by atoms with van der Waals surface area (Å²) in [7, 11) is -3.50. The second kappa shape index (κ2) is 6.63. The maximum atomic E-state index is 13.1. The van der Waals surface area contributed by atoms with Crippen molar-refractivity contribution in [2.45, 2.75) is 30.9 Å². The summed E-state index contributed by atoms with van der Waals surface area (Å²) in [6.45, 7) is 3.35. The van der Waals surface area contributed by atoms with Crippen LogP contribution in [0.15, 0.2) is 34.9 Å². The molecular formula is C20H24N4O4S. The predicted octanol–water partition coefficient (Wildman–Crippen LogP) is 1.33. The van der Waals surface area contributed by atoms with Gasteiger partial charge in [-0.15, -0.1) is 0 Å². The molecule has 1 amide bonds. The Hall–Kier alpha value is -2.26. The second-order valence-electron chi connectivity index (χ2n) is 8.53. The summed E-state index contributed by atoms with van der Waals surface area (Å²) in [6.07, 6.45) is 1.90. The minimum atomic E-state index is -3.50. The molecule has 3 fully saturated rings. The van der Waals surface area contributed by atoms with Gasteiger partial charge in [0.15, 0.2) is 5.82 Å². The van der Waals surface area contributed by atoms with Crippen molar-refractivity contribution in [3.8, 4) is 0 Å². The van der Waals surface area contributed by atoms with E-state index < -0.39 is 15.4 Å². The van der Waals surface area contributed by atoms with Gasteiger partial charge in [0.25, 0.3) is 0 Å². The topological polar surface area (TPSA) is 96.6 Å². The molecule has 0 spiro atoms. The van der Waals surface area contributed by atoms with Gasteiger partial charge in [-0.3, -0.25) is 4.79 Å². The lowest BCUT2D eigenvalue weighted by Crippen LogP contribution is -2.42. The van der Waals surface area contributed by atoms with Gasteiger partial charge >= 0.3 is 0 Å². The summed E-state index contributed by atoms with van der Waals surface area (Å²) >= 11 is 0. The van der Waals surface area contributed by atoms with Gasteiger partial charge in [0.2, 0.25) is 21.8 Å². The number of rotatable bonds is 5. The maximum Gasteiger partial charge on any atom is 0.236 e. The molecule has 3 aliphatic rings. The number of carbonyl (C=O) groups is 1. The van der Waals surface area contributed by atoms with Crippen molar-refractivity contribution in [2.75, 3.05) is 26.2 Å². The minimum absolute atomic E-state index is 0.0375. The fourth-order valence-electron chi connectivity index (χ4n) is 4.67. The Morgan fingerprint density at radius 3 is 2.62 bits per heavy atom. The van der Waals surface area contributed by atoms with Crippen LogP contribution in [-0.2, 0) is 26.0 Å². The number of amides is 1. The van der Waals surface area contributed by atoms with Gasteiger partial charge in [0.1, 0.15) is 0 Å². The van der Waals surface area contributed by atoms with Crippen LogP contribution in [-0.4, -0.2) is 59.8 Å². The lowest BCUT2D eigenvalue weighted by molar-refractivity contribution is -0.131. The number of hydrogen-bond donors (Lipinski definition) is 0. The zero-order chi connectivity index (χ0) is 20.2. The van der Waals surface area contributed by atoms with Crippen LogP contribution in [0.3, 0.4) is 0 Å². The molecule has 2 aromatic rings. The molecule has 5 rings (SSSR count). The van der Waals surface area contributed by atoms with E-state index in [1.165, 1.54) is 0 Å². The molecule has 2 saturated heterocycles. The van der Waals surface area contributed by atoms with Gasteiger partial charge in [-0.2, -0.15) is 4.98 Å². The van der Waals surface area contributed by atoms with E-state index in [0.717, 1.165) is 18.4 Å². The van der Waals surface area contributed by atoms with Crippen molar-refractivity contribution in [3.63, 3.8) is 0 Å². The van der Waals surface area contributed by atoms with E-state index in [4.69, 9.17) is 4.52 Å². The Labute approximate surface area is 169 Å². The molecule has 0 bridgehead atoms. The number of carbonyl (C=O) groups excluding carboxylic acids is 1. The molecule has 1 saturated carbocycles. The van der Waals surface area contributed by atoms with Crippen LogP contribution in [0, 0.1) is 18.8 Å². The summed E-state index contributed by atoms with van der Waals surface area (Å²) in [4.78, 5) is 19.0.